The number of anilines is 2. The number of piperazine rings is 1. The molecule has 0 bridgehead atoms. The van der Waals surface area contributed by atoms with E-state index >= 15 is 0 Å². The van der Waals surface area contributed by atoms with Crippen molar-refractivity contribution in [2.75, 3.05) is 41.7 Å². The van der Waals surface area contributed by atoms with Gasteiger partial charge in [0.05, 0.1) is 21.5 Å². The molecule has 0 atom stereocenters. The molecule has 0 aromatic heterocycles. The van der Waals surface area contributed by atoms with Gasteiger partial charge in [-0.15, -0.1) is 0 Å². The fourth-order valence-corrected chi connectivity index (χ4v) is 5.79. The number of para-hydroxylation sites is 1. The predicted molar refractivity (Wildman–Crippen MR) is 163 cm³/mol. The Bertz CT molecular complexity index is 1500. The third-order valence-electron chi connectivity index (χ3n) is 6.71. The molecule has 0 saturated carbocycles. The lowest BCUT2D eigenvalue weighted by atomic mass is 10.1. The summed E-state index contributed by atoms with van der Waals surface area (Å²) >= 11 is 13.7. The van der Waals surface area contributed by atoms with Gasteiger partial charge in [-0.05, 0) is 61.0 Å². The number of carbonyl (C=O) groups excluding carboxylic acids is 3. The lowest BCUT2D eigenvalue weighted by Gasteiger charge is -2.36. The molecular weight excluding hydrogens is 567 g/mol. The van der Waals surface area contributed by atoms with Crippen LogP contribution in [-0.4, -0.2) is 59.6 Å². The maximum Gasteiger partial charge on any atom is 0.283 e. The van der Waals surface area contributed by atoms with Crippen LogP contribution in [-0.2, 0) is 9.59 Å². The van der Waals surface area contributed by atoms with Gasteiger partial charge < -0.3 is 9.80 Å². The quantitative estimate of drug-likeness (QED) is 0.258. The van der Waals surface area contributed by atoms with Crippen LogP contribution in [0.4, 0.5) is 11.4 Å². The van der Waals surface area contributed by atoms with Crippen molar-refractivity contribution in [1.82, 2.24) is 4.90 Å². The van der Waals surface area contributed by atoms with Crippen molar-refractivity contribution >= 4 is 75.2 Å². The van der Waals surface area contributed by atoms with Gasteiger partial charge in [-0.3, -0.25) is 19.3 Å². The summed E-state index contributed by atoms with van der Waals surface area (Å²) in [6, 6.07) is 22.0. The summed E-state index contributed by atoms with van der Waals surface area (Å²) in [4.78, 5) is 48.3. The number of amides is 2. The molecule has 0 N–H and O–H groups in total. The monoisotopic (exact) mass is 592 g/mol. The van der Waals surface area contributed by atoms with E-state index in [9.17, 15) is 14.4 Å². The molecule has 0 aliphatic carbocycles. The summed E-state index contributed by atoms with van der Waals surface area (Å²) < 4.78 is 0. The number of thioether (sulfide) groups is 1. The number of amidine groups is 1. The van der Waals surface area contributed by atoms with Gasteiger partial charge in [0.25, 0.3) is 5.91 Å². The SMILES string of the molecule is CC(=O)c1ccc(N2CCN(C(=O)CSC3=N/C(=C/c4cccc(Cl)c4Cl)C(=O)N3c3ccccc3)CC2)cc1. The average molecular weight is 594 g/mol. The average Bonchev–Trinajstić information content (AvgIpc) is 3.29. The third kappa shape index (κ3) is 6.09. The second kappa shape index (κ2) is 12.3. The van der Waals surface area contributed by atoms with E-state index in [0.29, 0.717) is 58.2 Å². The Morgan fingerprint density at radius 2 is 1.60 bits per heavy atom. The molecule has 7 nitrogen and oxygen atoms in total. The van der Waals surface area contributed by atoms with E-state index in [1.54, 1.807) is 31.2 Å². The first-order valence-corrected chi connectivity index (χ1v) is 14.5. The van der Waals surface area contributed by atoms with Crippen molar-refractivity contribution in [1.29, 1.82) is 0 Å². The van der Waals surface area contributed by atoms with E-state index in [0.717, 1.165) is 5.69 Å². The van der Waals surface area contributed by atoms with Crippen LogP contribution in [0, 0.1) is 0 Å². The van der Waals surface area contributed by atoms with E-state index < -0.39 is 0 Å². The molecule has 5 rings (SSSR count). The molecule has 204 valence electrons. The van der Waals surface area contributed by atoms with E-state index in [-0.39, 0.29) is 29.0 Å². The lowest BCUT2D eigenvalue weighted by Crippen LogP contribution is -2.49. The van der Waals surface area contributed by atoms with E-state index in [4.69, 9.17) is 23.2 Å². The normalized spacial score (nSPS) is 16.5. The van der Waals surface area contributed by atoms with Gasteiger partial charge in [0.15, 0.2) is 11.0 Å². The molecule has 3 aromatic carbocycles. The first-order chi connectivity index (χ1) is 19.3. The molecule has 40 heavy (non-hydrogen) atoms. The predicted octanol–water partition coefficient (Wildman–Crippen LogP) is 6.02. The number of aliphatic imine (C=N–C) groups is 1. The van der Waals surface area contributed by atoms with Crippen molar-refractivity contribution in [2.24, 2.45) is 4.99 Å². The molecule has 2 heterocycles. The number of hydrogen-bond donors (Lipinski definition) is 0. The molecule has 2 aliphatic heterocycles. The third-order valence-corrected chi connectivity index (χ3v) is 8.47. The number of halogens is 2. The Labute approximate surface area is 247 Å². The number of benzene rings is 3. The Morgan fingerprint density at radius 3 is 2.27 bits per heavy atom. The van der Waals surface area contributed by atoms with E-state index in [1.807, 2.05) is 59.5 Å². The Kier molecular flexibility index (Phi) is 8.59. The van der Waals surface area contributed by atoms with Crippen LogP contribution in [0.2, 0.25) is 10.0 Å². The number of carbonyl (C=O) groups is 3. The topological polar surface area (TPSA) is 73.3 Å². The maximum absolute atomic E-state index is 13.4. The van der Waals surface area contributed by atoms with Crippen molar-refractivity contribution in [3.63, 3.8) is 0 Å². The Hall–Kier alpha value is -3.59. The molecule has 1 saturated heterocycles. The van der Waals surface area contributed by atoms with E-state index in [1.165, 1.54) is 16.7 Å². The highest BCUT2D eigenvalue weighted by Gasteiger charge is 2.33. The maximum atomic E-state index is 13.4. The van der Waals surface area contributed by atoms with Gasteiger partial charge in [0, 0.05) is 37.4 Å². The summed E-state index contributed by atoms with van der Waals surface area (Å²) in [5.74, 6) is -0.139. The number of hydrogen-bond acceptors (Lipinski definition) is 6. The second-order valence-corrected chi connectivity index (χ2v) is 11.0. The standard InChI is InChI=1S/C30H26Cl2N4O3S/c1-20(37)21-10-12-23(13-11-21)34-14-16-35(17-15-34)27(38)19-40-30-33-26(18-22-6-5-9-25(31)28(22)32)29(39)36(30)24-7-3-2-4-8-24/h2-13,18H,14-17,19H2,1H3/b26-18+. The highest BCUT2D eigenvalue weighted by molar-refractivity contribution is 8.14. The zero-order chi connectivity index (χ0) is 28.2. The van der Waals surface area contributed by atoms with Gasteiger partial charge in [0.1, 0.15) is 5.70 Å². The molecule has 2 aliphatic rings. The Balaban J connectivity index is 1.27. The molecule has 2 amide bonds. The molecule has 3 aromatic rings. The summed E-state index contributed by atoms with van der Waals surface area (Å²) in [5.41, 5.74) is 3.18. The van der Waals surface area contributed by atoms with Gasteiger partial charge in [-0.2, -0.15) is 0 Å². The van der Waals surface area contributed by atoms with Gasteiger partial charge in [-0.1, -0.05) is 65.3 Å². The van der Waals surface area contributed by atoms with Crippen molar-refractivity contribution in [3.05, 3.63) is 99.7 Å². The summed E-state index contributed by atoms with van der Waals surface area (Å²) in [6.07, 6.45) is 1.62. The van der Waals surface area contributed by atoms with Gasteiger partial charge in [-0.25, -0.2) is 4.99 Å². The van der Waals surface area contributed by atoms with Crippen LogP contribution in [0.25, 0.3) is 6.08 Å². The van der Waals surface area contributed by atoms with Crippen LogP contribution in [0.3, 0.4) is 0 Å². The molecule has 10 heteroatoms. The highest BCUT2D eigenvalue weighted by atomic mass is 35.5. The van der Waals surface area contributed by atoms with Crippen LogP contribution in [0.15, 0.2) is 83.5 Å². The van der Waals surface area contributed by atoms with Crippen molar-refractivity contribution in [3.8, 4) is 0 Å². The molecule has 1 fully saturated rings. The van der Waals surface area contributed by atoms with Gasteiger partial charge in [0.2, 0.25) is 5.91 Å². The van der Waals surface area contributed by atoms with Gasteiger partial charge >= 0.3 is 0 Å². The minimum Gasteiger partial charge on any atom is -0.368 e. The zero-order valence-electron chi connectivity index (χ0n) is 21.7. The fourth-order valence-electron chi connectivity index (χ4n) is 4.52. The summed E-state index contributed by atoms with van der Waals surface area (Å²) in [7, 11) is 0. The van der Waals surface area contributed by atoms with E-state index in [2.05, 4.69) is 9.89 Å². The largest absolute Gasteiger partial charge is 0.368 e. The van der Waals surface area contributed by atoms with Crippen molar-refractivity contribution in [2.45, 2.75) is 6.92 Å². The van der Waals surface area contributed by atoms with Crippen LogP contribution < -0.4 is 9.80 Å². The minimum absolute atomic E-state index is 0.0185. The van der Waals surface area contributed by atoms with Crippen LogP contribution in [0.5, 0.6) is 0 Å². The lowest BCUT2D eigenvalue weighted by molar-refractivity contribution is -0.128. The summed E-state index contributed by atoms with van der Waals surface area (Å²) in [5, 5.41) is 1.16. The Morgan fingerprint density at radius 1 is 0.900 bits per heavy atom. The first kappa shape index (κ1) is 28.0. The fraction of sp³-hybridized carbons (Fsp3) is 0.200. The zero-order valence-corrected chi connectivity index (χ0v) is 24.0. The molecule has 0 spiro atoms. The smallest absolute Gasteiger partial charge is 0.283 e. The highest BCUT2D eigenvalue weighted by Crippen LogP contribution is 2.32. The summed E-state index contributed by atoms with van der Waals surface area (Å²) in [6.45, 7) is 4.10. The minimum atomic E-state index is -0.304. The number of Topliss-reactive ketones (excluding diaryl/α,β-unsaturated/α-hetero) is 1. The number of nitrogens with zero attached hydrogens (tertiary/aromatic N) is 4. The van der Waals surface area contributed by atoms with Crippen molar-refractivity contribution < 1.29 is 14.4 Å². The number of ketones is 1. The second-order valence-electron chi connectivity index (χ2n) is 9.30. The molecule has 0 radical (unpaired) electrons. The molecular formula is C30H26Cl2N4O3S. The number of rotatable bonds is 6. The van der Waals surface area contributed by atoms with Crippen LogP contribution >= 0.6 is 35.0 Å². The van der Waals surface area contributed by atoms with Crippen LogP contribution in [0.1, 0.15) is 22.8 Å². The first-order valence-electron chi connectivity index (χ1n) is 12.7. The molecule has 0 unspecified atom stereocenters.